The summed E-state index contributed by atoms with van der Waals surface area (Å²) >= 11 is 0. The summed E-state index contributed by atoms with van der Waals surface area (Å²) in [5.74, 6) is 0.303. The fourth-order valence-electron chi connectivity index (χ4n) is 2.80. The van der Waals surface area contributed by atoms with Crippen LogP contribution in [0.25, 0.3) is 10.9 Å². The van der Waals surface area contributed by atoms with Crippen LogP contribution in [0.4, 0.5) is 5.69 Å². The lowest BCUT2D eigenvalue weighted by Crippen LogP contribution is -2.17. The molecular formula is C19H19N3O4S. The molecule has 140 valence electrons. The Labute approximate surface area is 157 Å². The highest BCUT2D eigenvalue weighted by Crippen LogP contribution is 2.33. The zero-order valence-corrected chi connectivity index (χ0v) is 15.9. The second kappa shape index (κ2) is 7.24. The Morgan fingerprint density at radius 3 is 2.37 bits per heavy atom. The number of hydrogen-bond acceptors (Lipinski definition) is 6. The SMILES string of the molecule is CNC(=O)c1ccc2ncc(S(=O)(=O)c3ccc(OC)cc3)c(NC)c2c1. The van der Waals surface area contributed by atoms with Gasteiger partial charge in [0.25, 0.3) is 5.91 Å². The van der Waals surface area contributed by atoms with Gasteiger partial charge in [0, 0.05) is 31.2 Å². The predicted molar refractivity (Wildman–Crippen MR) is 103 cm³/mol. The number of ether oxygens (including phenoxy) is 1. The minimum atomic E-state index is -3.82. The Bertz CT molecular complexity index is 1110. The number of rotatable bonds is 5. The van der Waals surface area contributed by atoms with Crippen molar-refractivity contribution < 1.29 is 17.9 Å². The van der Waals surface area contributed by atoms with E-state index in [0.29, 0.717) is 27.9 Å². The molecule has 0 radical (unpaired) electrons. The molecule has 7 nitrogen and oxygen atoms in total. The fourth-order valence-corrected chi connectivity index (χ4v) is 4.22. The van der Waals surface area contributed by atoms with Crippen molar-refractivity contribution in [2.45, 2.75) is 9.79 Å². The summed E-state index contributed by atoms with van der Waals surface area (Å²) < 4.78 is 31.3. The molecule has 0 aliphatic rings. The van der Waals surface area contributed by atoms with Gasteiger partial charge in [-0.1, -0.05) is 0 Å². The average molecular weight is 385 g/mol. The molecule has 0 aliphatic carbocycles. The van der Waals surface area contributed by atoms with Gasteiger partial charge in [0.2, 0.25) is 9.84 Å². The number of amides is 1. The second-order valence-electron chi connectivity index (χ2n) is 5.74. The first-order valence-corrected chi connectivity index (χ1v) is 9.62. The Kier molecular flexibility index (Phi) is 5.00. The van der Waals surface area contributed by atoms with Gasteiger partial charge in [-0.15, -0.1) is 0 Å². The van der Waals surface area contributed by atoms with E-state index in [9.17, 15) is 13.2 Å². The smallest absolute Gasteiger partial charge is 0.251 e. The molecule has 0 aliphatic heterocycles. The monoisotopic (exact) mass is 385 g/mol. The van der Waals surface area contributed by atoms with E-state index in [-0.39, 0.29) is 15.7 Å². The lowest BCUT2D eigenvalue weighted by Gasteiger charge is -2.14. The lowest BCUT2D eigenvalue weighted by atomic mass is 10.1. The van der Waals surface area contributed by atoms with Crippen molar-refractivity contribution in [2.24, 2.45) is 0 Å². The largest absolute Gasteiger partial charge is 0.497 e. The Balaban J connectivity index is 2.22. The zero-order chi connectivity index (χ0) is 19.6. The molecule has 0 atom stereocenters. The van der Waals surface area contributed by atoms with Crippen LogP contribution in [0.3, 0.4) is 0 Å². The second-order valence-corrected chi connectivity index (χ2v) is 7.66. The van der Waals surface area contributed by atoms with Gasteiger partial charge in [0.05, 0.1) is 23.2 Å². The number of nitrogens with one attached hydrogen (secondary N) is 2. The van der Waals surface area contributed by atoms with Crippen LogP contribution in [0.15, 0.2) is 58.5 Å². The first kappa shape index (κ1) is 18.7. The average Bonchev–Trinajstić information content (AvgIpc) is 2.71. The number of fused-ring (bicyclic) bond motifs is 1. The van der Waals surface area contributed by atoms with E-state index in [0.717, 1.165) is 0 Å². The van der Waals surface area contributed by atoms with Crippen molar-refractivity contribution in [2.75, 3.05) is 26.5 Å². The topological polar surface area (TPSA) is 97.4 Å². The van der Waals surface area contributed by atoms with Crippen LogP contribution in [0.2, 0.25) is 0 Å². The maximum atomic E-state index is 13.1. The number of sulfone groups is 1. The minimum absolute atomic E-state index is 0.0386. The molecule has 1 heterocycles. The van der Waals surface area contributed by atoms with Crippen LogP contribution in [-0.2, 0) is 9.84 Å². The molecule has 2 aromatic carbocycles. The number of carbonyl (C=O) groups excluding carboxylic acids is 1. The molecule has 0 spiro atoms. The van der Waals surface area contributed by atoms with Crippen molar-refractivity contribution >= 4 is 32.3 Å². The van der Waals surface area contributed by atoms with Crippen LogP contribution >= 0.6 is 0 Å². The quantitative estimate of drug-likeness (QED) is 0.700. The third-order valence-electron chi connectivity index (χ3n) is 4.23. The number of methoxy groups -OCH3 is 1. The van der Waals surface area contributed by atoms with Crippen LogP contribution in [-0.4, -0.2) is 40.5 Å². The Morgan fingerprint density at radius 1 is 1.07 bits per heavy atom. The number of pyridine rings is 1. The molecule has 8 heteroatoms. The molecule has 0 unspecified atom stereocenters. The number of anilines is 1. The molecule has 2 N–H and O–H groups in total. The summed E-state index contributed by atoms with van der Waals surface area (Å²) in [6.07, 6.45) is 1.33. The Hall–Kier alpha value is -3.13. The van der Waals surface area contributed by atoms with Crippen LogP contribution in [0, 0.1) is 0 Å². The molecule has 0 saturated heterocycles. The minimum Gasteiger partial charge on any atom is -0.497 e. The van der Waals surface area contributed by atoms with Gasteiger partial charge < -0.3 is 15.4 Å². The summed E-state index contributed by atoms with van der Waals surface area (Å²) in [5.41, 5.74) is 1.39. The van der Waals surface area contributed by atoms with Gasteiger partial charge in [0.15, 0.2) is 0 Å². The van der Waals surface area contributed by atoms with Gasteiger partial charge in [-0.25, -0.2) is 8.42 Å². The van der Waals surface area contributed by atoms with Crippen molar-refractivity contribution in [3.05, 3.63) is 54.2 Å². The highest BCUT2D eigenvalue weighted by atomic mass is 32.2. The highest BCUT2D eigenvalue weighted by Gasteiger charge is 2.24. The maximum Gasteiger partial charge on any atom is 0.251 e. The third kappa shape index (κ3) is 3.31. The number of hydrogen-bond donors (Lipinski definition) is 2. The third-order valence-corrected chi connectivity index (χ3v) is 6.01. The number of carbonyl (C=O) groups is 1. The van der Waals surface area contributed by atoms with Crippen LogP contribution < -0.4 is 15.4 Å². The van der Waals surface area contributed by atoms with E-state index in [4.69, 9.17) is 4.74 Å². The number of benzene rings is 2. The summed E-state index contributed by atoms with van der Waals surface area (Å²) in [5, 5.41) is 6.05. The summed E-state index contributed by atoms with van der Waals surface area (Å²) in [6.45, 7) is 0. The molecule has 3 rings (SSSR count). The maximum absolute atomic E-state index is 13.1. The molecule has 1 aromatic heterocycles. The molecule has 3 aromatic rings. The van der Waals surface area contributed by atoms with E-state index in [2.05, 4.69) is 15.6 Å². The summed E-state index contributed by atoms with van der Waals surface area (Å²) in [7, 11) is 0.865. The highest BCUT2D eigenvalue weighted by molar-refractivity contribution is 7.91. The normalized spacial score (nSPS) is 11.2. The molecular weight excluding hydrogens is 366 g/mol. The van der Waals surface area contributed by atoms with Crippen LogP contribution in [0.1, 0.15) is 10.4 Å². The van der Waals surface area contributed by atoms with E-state index in [1.165, 1.54) is 32.5 Å². The predicted octanol–water partition coefficient (Wildman–Crippen LogP) is 2.48. The standard InChI is InChI=1S/C19H19N3O4S/c1-20-18-15-10-12(19(23)21-2)4-9-16(15)22-11-17(18)27(24,25)14-7-5-13(26-3)6-8-14/h4-11H,1-3H3,(H,20,22)(H,21,23). The summed E-state index contributed by atoms with van der Waals surface area (Å²) in [6, 6.07) is 11.1. The molecule has 0 fully saturated rings. The number of aromatic nitrogens is 1. The van der Waals surface area contributed by atoms with Crippen molar-refractivity contribution in [3.8, 4) is 5.75 Å². The Morgan fingerprint density at radius 2 is 1.78 bits per heavy atom. The van der Waals surface area contributed by atoms with Crippen LogP contribution in [0.5, 0.6) is 5.75 Å². The van der Waals surface area contributed by atoms with Crippen molar-refractivity contribution in [1.29, 1.82) is 0 Å². The van der Waals surface area contributed by atoms with Gasteiger partial charge in [0.1, 0.15) is 10.6 Å². The fraction of sp³-hybridized carbons (Fsp3) is 0.158. The zero-order valence-electron chi connectivity index (χ0n) is 15.1. The van der Waals surface area contributed by atoms with Crippen molar-refractivity contribution in [1.82, 2.24) is 10.3 Å². The summed E-state index contributed by atoms with van der Waals surface area (Å²) in [4.78, 5) is 16.4. The molecule has 1 amide bonds. The lowest BCUT2D eigenvalue weighted by molar-refractivity contribution is 0.0963. The molecule has 0 saturated carbocycles. The van der Waals surface area contributed by atoms with Gasteiger partial charge in [-0.05, 0) is 42.5 Å². The number of nitrogens with zero attached hydrogens (tertiary/aromatic N) is 1. The molecule has 27 heavy (non-hydrogen) atoms. The van der Waals surface area contributed by atoms with Gasteiger partial charge >= 0.3 is 0 Å². The molecule has 0 bridgehead atoms. The van der Waals surface area contributed by atoms with Gasteiger partial charge in [-0.3, -0.25) is 9.78 Å². The van der Waals surface area contributed by atoms with E-state index < -0.39 is 9.84 Å². The van der Waals surface area contributed by atoms with Crippen molar-refractivity contribution in [3.63, 3.8) is 0 Å². The van der Waals surface area contributed by atoms with E-state index >= 15 is 0 Å². The van der Waals surface area contributed by atoms with E-state index in [1.807, 2.05) is 0 Å². The van der Waals surface area contributed by atoms with E-state index in [1.54, 1.807) is 37.4 Å². The first-order valence-electron chi connectivity index (χ1n) is 8.14. The first-order chi connectivity index (χ1) is 12.9. The van der Waals surface area contributed by atoms with Gasteiger partial charge in [-0.2, -0.15) is 0 Å².